The molecule has 1 heterocycles. The maximum atomic E-state index is 12.3. The van der Waals surface area contributed by atoms with Gasteiger partial charge < -0.3 is 20.1 Å². The van der Waals surface area contributed by atoms with Crippen LogP contribution in [-0.2, 0) is 6.61 Å². The lowest BCUT2D eigenvalue weighted by Crippen LogP contribution is -2.41. The minimum absolute atomic E-state index is 0.0544. The van der Waals surface area contributed by atoms with E-state index in [0.717, 1.165) is 43.8 Å². The molecule has 144 valence electrons. The second-order valence-corrected chi connectivity index (χ2v) is 7.05. The topological polar surface area (TPSA) is 61.8 Å². The van der Waals surface area contributed by atoms with Crippen LogP contribution in [-0.4, -0.2) is 48.7 Å². The molecule has 0 spiro atoms. The molecule has 3 rings (SSSR count). The predicted molar refractivity (Wildman–Crippen MR) is 106 cm³/mol. The summed E-state index contributed by atoms with van der Waals surface area (Å²) in [5.41, 5.74) is 1.68. The van der Waals surface area contributed by atoms with Crippen LogP contribution in [0.15, 0.2) is 54.6 Å². The summed E-state index contributed by atoms with van der Waals surface area (Å²) in [7, 11) is 0. The second kappa shape index (κ2) is 10.1. The van der Waals surface area contributed by atoms with E-state index in [0.29, 0.717) is 24.6 Å². The fourth-order valence-electron chi connectivity index (χ4n) is 3.37. The molecule has 5 nitrogen and oxygen atoms in total. The minimum Gasteiger partial charge on any atom is -0.489 e. The molecule has 2 aromatic rings. The highest BCUT2D eigenvalue weighted by Gasteiger charge is 2.18. The van der Waals surface area contributed by atoms with Gasteiger partial charge in [0, 0.05) is 31.8 Å². The molecule has 0 unspecified atom stereocenters. The number of aliphatic hydroxyl groups is 1. The summed E-state index contributed by atoms with van der Waals surface area (Å²) < 4.78 is 5.72. The van der Waals surface area contributed by atoms with Gasteiger partial charge in [-0.25, -0.2) is 0 Å². The number of nitrogens with zero attached hydrogens (tertiary/aromatic N) is 1. The van der Waals surface area contributed by atoms with E-state index in [1.165, 1.54) is 0 Å². The highest BCUT2D eigenvalue weighted by molar-refractivity contribution is 5.94. The molecule has 0 radical (unpaired) electrons. The average molecular weight is 368 g/mol. The van der Waals surface area contributed by atoms with Crippen molar-refractivity contribution in [2.75, 3.05) is 32.8 Å². The first kappa shape index (κ1) is 19.4. The van der Waals surface area contributed by atoms with Gasteiger partial charge in [-0.3, -0.25) is 4.79 Å². The number of hydrogen-bond acceptors (Lipinski definition) is 4. The van der Waals surface area contributed by atoms with E-state index in [-0.39, 0.29) is 12.5 Å². The lowest BCUT2D eigenvalue weighted by Gasteiger charge is -2.31. The smallest absolute Gasteiger partial charge is 0.251 e. The third-order valence-electron chi connectivity index (χ3n) is 4.94. The summed E-state index contributed by atoms with van der Waals surface area (Å²) in [6.45, 7) is 4.14. The van der Waals surface area contributed by atoms with Crippen molar-refractivity contribution in [1.29, 1.82) is 0 Å². The van der Waals surface area contributed by atoms with E-state index < -0.39 is 0 Å². The van der Waals surface area contributed by atoms with Crippen molar-refractivity contribution >= 4 is 5.91 Å². The molecule has 2 aromatic carbocycles. The molecule has 0 bridgehead atoms. The number of piperidine rings is 1. The number of hydrogen-bond donors (Lipinski definition) is 2. The number of carbonyl (C=O) groups is 1. The molecule has 1 fully saturated rings. The Hall–Kier alpha value is -2.37. The number of ether oxygens (including phenoxy) is 1. The molecule has 0 saturated carbocycles. The molecule has 1 amide bonds. The summed E-state index contributed by atoms with van der Waals surface area (Å²) in [6, 6.07) is 17.2. The van der Waals surface area contributed by atoms with Crippen LogP contribution >= 0.6 is 0 Å². The Morgan fingerprint density at radius 2 is 1.93 bits per heavy atom. The number of likely N-dealkylation sites (tertiary alicyclic amines) is 1. The van der Waals surface area contributed by atoms with Crippen molar-refractivity contribution in [2.24, 2.45) is 5.92 Å². The van der Waals surface area contributed by atoms with E-state index in [4.69, 9.17) is 4.74 Å². The first-order valence-electron chi connectivity index (χ1n) is 9.63. The lowest BCUT2D eigenvalue weighted by atomic mass is 9.99. The molecular formula is C22H28N2O3. The molecule has 0 aromatic heterocycles. The van der Waals surface area contributed by atoms with Crippen LogP contribution in [0, 0.1) is 5.92 Å². The number of carbonyl (C=O) groups excluding carboxylic acids is 1. The standard InChI is InChI=1S/C22H28N2O3/c25-16-19-5-4-13-24(15-19)14-12-23-22(26)20-10-8-18(9-11-20)17-27-21-6-2-1-3-7-21/h1-3,6-11,19,25H,4-5,12-17H2,(H,23,26)/t19-/m0/s1. The van der Waals surface area contributed by atoms with Gasteiger partial charge in [0.05, 0.1) is 0 Å². The summed E-state index contributed by atoms with van der Waals surface area (Å²) in [5.74, 6) is 1.15. The van der Waals surface area contributed by atoms with Crippen molar-refractivity contribution in [3.05, 3.63) is 65.7 Å². The Labute approximate surface area is 161 Å². The van der Waals surface area contributed by atoms with Gasteiger partial charge in [0.25, 0.3) is 5.91 Å². The van der Waals surface area contributed by atoms with Gasteiger partial charge in [0.15, 0.2) is 0 Å². The van der Waals surface area contributed by atoms with Crippen molar-refractivity contribution in [3.63, 3.8) is 0 Å². The zero-order valence-corrected chi connectivity index (χ0v) is 15.6. The summed E-state index contributed by atoms with van der Waals surface area (Å²) in [4.78, 5) is 14.6. The zero-order valence-electron chi connectivity index (χ0n) is 15.6. The van der Waals surface area contributed by atoms with Gasteiger partial charge in [-0.05, 0) is 55.1 Å². The third kappa shape index (κ3) is 6.08. The molecule has 1 saturated heterocycles. The summed E-state index contributed by atoms with van der Waals surface area (Å²) >= 11 is 0. The summed E-state index contributed by atoms with van der Waals surface area (Å²) in [5, 5.41) is 12.3. The van der Waals surface area contributed by atoms with Gasteiger partial charge in [-0.15, -0.1) is 0 Å². The Bertz CT molecular complexity index is 703. The van der Waals surface area contributed by atoms with Crippen molar-refractivity contribution in [3.8, 4) is 5.75 Å². The molecule has 0 aliphatic carbocycles. The Kier molecular flexibility index (Phi) is 7.25. The van der Waals surface area contributed by atoms with Crippen LogP contribution in [0.25, 0.3) is 0 Å². The number of para-hydroxylation sites is 1. The predicted octanol–water partition coefficient (Wildman–Crippen LogP) is 2.70. The average Bonchev–Trinajstić information content (AvgIpc) is 2.73. The largest absolute Gasteiger partial charge is 0.489 e. The Morgan fingerprint density at radius 3 is 2.67 bits per heavy atom. The van der Waals surface area contributed by atoms with Crippen molar-refractivity contribution in [2.45, 2.75) is 19.4 Å². The van der Waals surface area contributed by atoms with Crippen LogP contribution in [0.2, 0.25) is 0 Å². The van der Waals surface area contributed by atoms with E-state index in [1.807, 2.05) is 54.6 Å². The highest BCUT2D eigenvalue weighted by atomic mass is 16.5. The van der Waals surface area contributed by atoms with Crippen LogP contribution in [0.1, 0.15) is 28.8 Å². The Balaban J connectivity index is 1.41. The molecular weight excluding hydrogens is 340 g/mol. The maximum absolute atomic E-state index is 12.3. The van der Waals surface area contributed by atoms with Gasteiger partial charge in [0.1, 0.15) is 12.4 Å². The van der Waals surface area contributed by atoms with Crippen LogP contribution in [0.3, 0.4) is 0 Å². The molecule has 5 heteroatoms. The maximum Gasteiger partial charge on any atom is 0.251 e. The normalized spacial score (nSPS) is 17.4. The van der Waals surface area contributed by atoms with E-state index in [9.17, 15) is 9.90 Å². The highest BCUT2D eigenvalue weighted by Crippen LogP contribution is 2.15. The second-order valence-electron chi connectivity index (χ2n) is 7.05. The number of benzene rings is 2. The third-order valence-corrected chi connectivity index (χ3v) is 4.94. The van der Waals surface area contributed by atoms with E-state index >= 15 is 0 Å². The Morgan fingerprint density at radius 1 is 1.15 bits per heavy atom. The number of amides is 1. The number of rotatable bonds is 8. The molecule has 1 atom stereocenters. The minimum atomic E-state index is -0.0544. The quantitative estimate of drug-likeness (QED) is 0.752. The van der Waals surface area contributed by atoms with E-state index in [2.05, 4.69) is 10.2 Å². The van der Waals surface area contributed by atoms with Gasteiger partial charge in [0.2, 0.25) is 0 Å². The van der Waals surface area contributed by atoms with Crippen molar-refractivity contribution < 1.29 is 14.6 Å². The first-order valence-corrected chi connectivity index (χ1v) is 9.63. The van der Waals surface area contributed by atoms with Crippen molar-refractivity contribution in [1.82, 2.24) is 10.2 Å². The van der Waals surface area contributed by atoms with Gasteiger partial charge >= 0.3 is 0 Å². The molecule has 1 aliphatic rings. The van der Waals surface area contributed by atoms with E-state index in [1.54, 1.807) is 0 Å². The first-order chi connectivity index (χ1) is 13.2. The SMILES string of the molecule is O=C(NCCN1CCC[C@H](CO)C1)c1ccc(COc2ccccc2)cc1. The summed E-state index contributed by atoms with van der Waals surface area (Å²) in [6.07, 6.45) is 2.21. The molecule has 1 aliphatic heterocycles. The van der Waals surface area contributed by atoms with Crippen LogP contribution in [0.4, 0.5) is 0 Å². The van der Waals surface area contributed by atoms with Gasteiger partial charge in [-0.1, -0.05) is 30.3 Å². The monoisotopic (exact) mass is 368 g/mol. The number of aliphatic hydroxyl groups excluding tert-OH is 1. The van der Waals surface area contributed by atoms with Crippen LogP contribution in [0.5, 0.6) is 5.75 Å². The fourth-order valence-corrected chi connectivity index (χ4v) is 3.37. The lowest BCUT2D eigenvalue weighted by molar-refractivity contribution is 0.0930. The van der Waals surface area contributed by atoms with Gasteiger partial charge in [-0.2, -0.15) is 0 Å². The molecule has 27 heavy (non-hydrogen) atoms. The fraction of sp³-hybridized carbons (Fsp3) is 0.409. The van der Waals surface area contributed by atoms with Crippen LogP contribution < -0.4 is 10.1 Å². The zero-order chi connectivity index (χ0) is 18.9. The number of nitrogens with one attached hydrogen (secondary N) is 1. The molecule has 2 N–H and O–H groups in total.